The van der Waals surface area contributed by atoms with Gasteiger partial charge in [0.05, 0.1) is 11.0 Å². The maximum Gasteiger partial charge on any atom is 0.312 e. The summed E-state index contributed by atoms with van der Waals surface area (Å²) in [4.78, 5) is 16.8. The standard InChI is InChI=1S/C12H16BrN3O3/c1-8(17)9-3-2-4-15(7-9)12-11(16(18)19)5-10(13)6-14-12/h5-6,8-9,17H,2-4,7H2,1H3. The maximum absolute atomic E-state index is 11.1. The normalized spacial score (nSPS) is 21.2. The number of piperidine rings is 1. The molecule has 1 aromatic heterocycles. The molecule has 1 N–H and O–H groups in total. The van der Waals surface area contributed by atoms with Crippen LogP contribution in [0.15, 0.2) is 16.7 Å². The quantitative estimate of drug-likeness (QED) is 0.680. The number of aliphatic hydroxyl groups is 1. The molecule has 0 aliphatic carbocycles. The van der Waals surface area contributed by atoms with Crippen molar-refractivity contribution in [3.05, 3.63) is 26.9 Å². The summed E-state index contributed by atoms with van der Waals surface area (Å²) in [6, 6.07) is 1.47. The molecule has 7 heteroatoms. The predicted molar refractivity (Wildman–Crippen MR) is 75.2 cm³/mol. The summed E-state index contributed by atoms with van der Waals surface area (Å²) in [6.07, 6.45) is 3.01. The van der Waals surface area contributed by atoms with E-state index < -0.39 is 11.0 Å². The van der Waals surface area contributed by atoms with Crippen molar-refractivity contribution < 1.29 is 10.0 Å². The third-order valence-electron chi connectivity index (χ3n) is 3.45. The van der Waals surface area contributed by atoms with E-state index >= 15 is 0 Å². The van der Waals surface area contributed by atoms with Gasteiger partial charge in [-0.05, 0) is 35.7 Å². The van der Waals surface area contributed by atoms with Gasteiger partial charge in [0.1, 0.15) is 0 Å². The van der Waals surface area contributed by atoms with E-state index in [1.165, 1.54) is 6.07 Å². The number of rotatable bonds is 3. The molecule has 2 rings (SSSR count). The molecule has 1 aromatic rings. The van der Waals surface area contributed by atoms with Crippen molar-refractivity contribution in [2.45, 2.75) is 25.9 Å². The van der Waals surface area contributed by atoms with E-state index in [0.717, 1.165) is 19.4 Å². The van der Waals surface area contributed by atoms with Gasteiger partial charge in [-0.2, -0.15) is 0 Å². The summed E-state index contributed by atoms with van der Waals surface area (Å²) in [5.41, 5.74) is 0.000572. The minimum absolute atomic E-state index is 0.000572. The molecule has 1 aliphatic heterocycles. The fourth-order valence-electron chi connectivity index (χ4n) is 2.40. The molecule has 0 saturated carbocycles. The van der Waals surface area contributed by atoms with Crippen LogP contribution in [0.3, 0.4) is 0 Å². The summed E-state index contributed by atoms with van der Waals surface area (Å²) >= 11 is 3.20. The molecule has 2 unspecified atom stereocenters. The summed E-state index contributed by atoms with van der Waals surface area (Å²) in [6.45, 7) is 3.10. The van der Waals surface area contributed by atoms with Gasteiger partial charge in [0, 0.05) is 35.7 Å². The van der Waals surface area contributed by atoms with Gasteiger partial charge in [-0.3, -0.25) is 10.1 Å². The highest BCUT2D eigenvalue weighted by Gasteiger charge is 2.28. The number of halogens is 1. The first kappa shape index (κ1) is 14.2. The van der Waals surface area contributed by atoms with Crippen LogP contribution < -0.4 is 4.90 Å². The third-order valence-corrected chi connectivity index (χ3v) is 3.88. The number of pyridine rings is 1. The second-order valence-corrected chi connectivity index (χ2v) is 5.76. The van der Waals surface area contributed by atoms with Crippen molar-refractivity contribution in [1.29, 1.82) is 0 Å². The lowest BCUT2D eigenvalue weighted by molar-refractivity contribution is -0.384. The first-order valence-electron chi connectivity index (χ1n) is 6.22. The monoisotopic (exact) mass is 329 g/mol. The number of anilines is 1. The van der Waals surface area contributed by atoms with Crippen molar-refractivity contribution in [3.8, 4) is 0 Å². The minimum atomic E-state index is -0.418. The van der Waals surface area contributed by atoms with Crippen LogP contribution in [0.2, 0.25) is 0 Å². The van der Waals surface area contributed by atoms with Gasteiger partial charge in [-0.15, -0.1) is 0 Å². The van der Waals surface area contributed by atoms with E-state index in [4.69, 9.17) is 0 Å². The highest BCUT2D eigenvalue weighted by molar-refractivity contribution is 9.10. The fraction of sp³-hybridized carbons (Fsp3) is 0.583. The van der Waals surface area contributed by atoms with E-state index in [2.05, 4.69) is 20.9 Å². The molecule has 0 bridgehead atoms. The lowest BCUT2D eigenvalue weighted by atomic mass is 9.93. The molecule has 1 saturated heterocycles. The molecular formula is C12H16BrN3O3. The molecule has 0 spiro atoms. The number of nitrogens with zero attached hydrogens (tertiary/aromatic N) is 3. The zero-order valence-corrected chi connectivity index (χ0v) is 12.2. The molecule has 2 atom stereocenters. The third kappa shape index (κ3) is 3.22. The summed E-state index contributed by atoms with van der Waals surface area (Å²) in [7, 11) is 0. The maximum atomic E-state index is 11.1. The van der Waals surface area contributed by atoms with Crippen molar-refractivity contribution in [1.82, 2.24) is 4.98 Å². The largest absolute Gasteiger partial charge is 0.393 e. The lowest BCUT2D eigenvalue weighted by Gasteiger charge is -2.34. The molecule has 0 aromatic carbocycles. The van der Waals surface area contributed by atoms with Crippen molar-refractivity contribution in [2.75, 3.05) is 18.0 Å². The Bertz CT molecular complexity index is 481. The molecular weight excluding hydrogens is 314 g/mol. The van der Waals surface area contributed by atoms with E-state index in [9.17, 15) is 15.2 Å². The number of nitro groups is 1. The highest BCUT2D eigenvalue weighted by atomic mass is 79.9. The van der Waals surface area contributed by atoms with Crippen LogP contribution in [-0.4, -0.2) is 34.2 Å². The fourth-order valence-corrected chi connectivity index (χ4v) is 2.71. The van der Waals surface area contributed by atoms with E-state index in [1.807, 2.05) is 4.90 Å². The van der Waals surface area contributed by atoms with Crippen molar-refractivity contribution in [3.63, 3.8) is 0 Å². The number of aromatic nitrogens is 1. The van der Waals surface area contributed by atoms with Crippen LogP contribution in [0, 0.1) is 16.0 Å². The lowest BCUT2D eigenvalue weighted by Crippen LogP contribution is -2.40. The predicted octanol–water partition coefficient (Wildman–Crippen LogP) is 2.35. The van der Waals surface area contributed by atoms with E-state index in [-0.39, 0.29) is 11.6 Å². The Morgan fingerprint density at radius 3 is 3.05 bits per heavy atom. The summed E-state index contributed by atoms with van der Waals surface area (Å²) in [5, 5.41) is 20.8. The second-order valence-electron chi connectivity index (χ2n) is 4.84. The van der Waals surface area contributed by atoms with Gasteiger partial charge in [0.2, 0.25) is 5.82 Å². The average molecular weight is 330 g/mol. The Morgan fingerprint density at radius 1 is 1.68 bits per heavy atom. The van der Waals surface area contributed by atoms with Crippen LogP contribution >= 0.6 is 15.9 Å². The Hall–Kier alpha value is -1.21. The molecule has 19 heavy (non-hydrogen) atoms. The Balaban J connectivity index is 2.28. The Morgan fingerprint density at radius 2 is 2.42 bits per heavy atom. The zero-order chi connectivity index (χ0) is 14.0. The summed E-state index contributed by atoms with van der Waals surface area (Å²) < 4.78 is 0.590. The number of hydrogen-bond donors (Lipinski definition) is 1. The number of hydrogen-bond acceptors (Lipinski definition) is 5. The molecule has 1 fully saturated rings. The zero-order valence-electron chi connectivity index (χ0n) is 10.6. The molecule has 104 valence electrons. The van der Waals surface area contributed by atoms with Crippen LogP contribution in [0.1, 0.15) is 19.8 Å². The Kier molecular flexibility index (Phi) is 4.36. The smallest absolute Gasteiger partial charge is 0.312 e. The van der Waals surface area contributed by atoms with Gasteiger partial charge >= 0.3 is 5.69 Å². The van der Waals surface area contributed by atoms with Crippen LogP contribution in [-0.2, 0) is 0 Å². The van der Waals surface area contributed by atoms with Crippen LogP contribution in [0.4, 0.5) is 11.5 Å². The first-order valence-corrected chi connectivity index (χ1v) is 7.01. The summed E-state index contributed by atoms with van der Waals surface area (Å²) in [5.74, 6) is 0.525. The van der Waals surface area contributed by atoms with Crippen molar-refractivity contribution >= 4 is 27.4 Å². The van der Waals surface area contributed by atoms with Crippen molar-refractivity contribution in [2.24, 2.45) is 5.92 Å². The average Bonchev–Trinajstić information content (AvgIpc) is 2.38. The topological polar surface area (TPSA) is 79.5 Å². The first-order chi connectivity index (χ1) is 8.99. The van der Waals surface area contributed by atoms with Crippen LogP contribution in [0.5, 0.6) is 0 Å². The van der Waals surface area contributed by atoms with E-state index in [1.54, 1.807) is 13.1 Å². The van der Waals surface area contributed by atoms with Gasteiger partial charge in [0.15, 0.2) is 0 Å². The molecule has 2 heterocycles. The van der Waals surface area contributed by atoms with Gasteiger partial charge in [-0.25, -0.2) is 4.98 Å². The van der Waals surface area contributed by atoms with Gasteiger partial charge < -0.3 is 10.0 Å². The minimum Gasteiger partial charge on any atom is -0.393 e. The molecule has 0 radical (unpaired) electrons. The highest BCUT2D eigenvalue weighted by Crippen LogP contribution is 2.32. The second kappa shape index (κ2) is 5.83. The van der Waals surface area contributed by atoms with Gasteiger partial charge in [0.25, 0.3) is 0 Å². The molecule has 6 nitrogen and oxygen atoms in total. The number of aliphatic hydroxyl groups excluding tert-OH is 1. The Labute approximate surface area is 119 Å². The van der Waals surface area contributed by atoms with Gasteiger partial charge in [-0.1, -0.05) is 0 Å². The molecule has 1 aliphatic rings. The van der Waals surface area contributed by atoms with E-state index in [0.29, 0.717) is 16.8 Å². The SMILES string of the molecule is CC(O)C1CCCN(c2ncc(Br)cc2[N+](=O)[O-])C1. The molecule has 0 amide bonds. The van der Waals surface area contributed by atoms with Crippen LogP contribution in [0.25, 0.3) is 0 Å².